The Balaban J connectivity index is 2.33. The van der Waals surface area contributed by atoms with Gasteiger partial charge < -0.3 is 0 Å². The Labute approximate surface area is 126 Å². The fraction of sp³-hybridized carbons (Fsp3) is 0.100. The van der Waals surface area contributed by atoms with Gasteiger partial charge in [-0.25, -0.2) is 13.4 Å². The van der Waals surface area contributed by atoms with E-state index in [0.29, 0.717) is 5.13 Å². The number of nitrogens with zero attached hydrogens (tertiary/aromatic N) is 1. The fourth-order valence-corrected chi connectivity index (χ4v) is 3.94. The molecule has 18 heavy (non-hydrogen) atoms. The average molecular weight is 412 g/mol. The number of rotatable bonds is 3. The Morgan fingerprint density at radius 3 is 2.61 bits per heavy atom. The second kappa shape index (κ2) is 5.28. The number of aromatic nitrogens is 1. The molecular weight excluding hydrogens is 404 g/mol. The number of aryl methyl sites for hydroxylation is 1. The molecule has 0 bridgehead atoms. The minimum absolute atomic E-state index is 0.217. The zero-order valence-electron chi connectivity index (χ0n) is 9.15. The molecule has 0 fully saturated rings. The first-order chi connectivity index (χ1) is 8.38. The fourth-order valence-electron chi connectivity index (χ4n) is 1.26. The molecule has 1 heterocycles. The molecule has 1 aromatic carbocycles. The Morgan fingerprint density at radius 1 is 1.33 bits per heavy atom. The maximum atomic E-state index is 12.1. The largest absolute Gasteiger partial charge is 0.263 e. The van der Waals surface area contributed by atoms with Crippen LogP contribution in [-0.4, -0.2) is 13.4 Å². The van der Waals surface area contributed by atoms with Crippen LogP contribution in [0, 0.1) is 6.92 Å². The van der Waals surface area contributed by atoms with Crippen LogP contribution in [0.15, 0.2) is 37.6 Å². The summed E-state index contributed by atoms with van der Waals surface area (Å²) in [6.45, 7) is 1.84. The third-order valence-electron chi connectivity index (χ3n) is 2.14. The molecule has 0 aliphatic carbocycles. The van der Waals surface area contributed by atoms with Gasteiger partial charge >= 0.3 is 0 Å². The second-order valence-corrected chi connectivity index (χ2v) is 8.43. The molecule has 0 atom stereocenters. The second-order valence-electron chi connectivity index (χ2n) is 3.49. The lowest BCUT2D eigenvalue weighted by atomic mass is 10.2. The number of benzene rings is 1. The Hall–Kier alpha value is -0.440. The van der Waals surface area contributed by atoms with E-state index in [1.165, 1.54) is 11.3 Å². The normalized spacial score (nSPS) is 11.5. The number of thiazole rings is 1. The van der Waals surface area contributed by atoms with Crippen molar-refractivity contribution in [2.75, 3.05) is 4.72 Å². The summed E-state index contributed by atoms with van der Waals surface area (Å²) in [6, 6.07) is 4.86. The van der Waals surface area contributed by atoms with E-state index in [4.69, 9.17) is 0 Å². The molecule has 0 aliphatic rings. The number of halogens is 2. The van der Waals surface area contributed by atoms with Crippen molar-refractivity contribution in [3.05, 3.63) is 38.2 Å². The number of nitrogens with one attached hydrogen (secondary N) is 1. The van der Waals surface area contributed by atoms with E-state index in [-0.39, 0.29) is 4.90 Å². The van der Waals surface area contributed by atoms with Crippen LogP contribution >= 0.6 is 43.2 Å². The van der Waals surface area contributed by atoms with Crippen LogP contribution < -0.4 is 4.72 Å². The first kappa shape index (κ1) is 14.0. The lowest BCUT2D eigenvalue weighted by molar-refractivity contribution is 0.601. The summed E-state index contributed by atoms with van der Waals surface area (Å²) in [5.74, 6) is 0. The van der Waals surface area contributed by atoms with Crippen LogP contribution in [-0.2, 0) is 10.0 Å². The van der Waals surface area contributed by atoms with E-state index in [1.54, 1.807) is 24.4 Å². The molecule has 0 saturated carbocycles. The molecule has 1 N–H and O–H groups in total. The van der Waals surface area contributed by atoms with Crippen molar-refractivity contribution >= 4 is 58.4 Å². The van der Waals surface area contributed by atoms with Crippen molar-refractivity contribution in [1.29, 1.82) is 0 Å². The number of hydrogen-bond donors (Lipinski definition) is 1. The molecule has 0 unspecified atom stereocenters. The van der Waals surface area contributed by atoms with Gasteiger partial charge in [0.1, 0.15) is 0 Å². The third kappa shape index (κ3) is 3.11. The van der Waals surface area contributed by atoms with Crippen molar-refractivity contribution in [2.24, 2.45) is 0 Å². The number of hydrogen-bond acceptors (Lipinski definition) is 4. The molecule has 2 rings (SSSR count). The first-order valence-corrected chi connectivity index (χ1v) is 8.67. The molecule has 0 aliphatic heterocycles. The summed E-state index contributed by atoms with van der Waals surface area (Å²) in [7, 11) is -3.58. The van der Waals surface area contributed by atoms with Crippen molar-refractivity contribution in [2.45, 2.75) is 11.8 Å². The molecule has 2 aromatic rings. The van der Waals surface area contributed by atoms with Crippen LogP contribution in [0.5, 0.6) is 0 Å². The summed E-state index contributed by atoms with van der Waals surface area (Å²) in [5.41, 5.74) is 0.859. The smallest absolute Gasteiger partial charge is 0.255 e. The van der Waals surface area contributed by atoms with Gasteiger partial charge in [0.15, 0.2) is 5.13 Å². The lowest BCUT2D eigenvalue weighted by Crippen LogP contribution is -2.12. The van der Waals surface area contributed by atoms with Gasteiger partial charge in [0.2, 0.25) is 0 Å². The molecule has 8 heteroatoms. The summed E-state index contributed by atoms with van der Waals surface area (Å²) in [6.07, 6.45) is 1.55. The van der Waals surface area contributed by atoms with E-state index in [1.807, 2.05) is 6.92 Å². The van der Waals surface area contributed by atoms with E-state index in [9.17, 15) is 8.42 Å². The minimum atomic E-state index is -3.58. The number of sulfonamides is 1. The lowest BCUT2D eigenvalue weighted by Gasteiger charge is -2.06. The van der Waals surface area contributed by atoms with Crippen molar-refractivity contribution in [3.63, 3.8) is 0 Å². The van der Waals surface area contributed by atoms with Crippen molar-refractivity contribution in [1.82, 2.24) is 4.98 Å². The van der Waals surface area contributed by atoms with Gasteiger partial charge in [-0.3, -0.25) is 4.72 Å². The van der Waals surface area contributed by atoms with Gasteiger partial charge in [-0.1, -0.05) is 27.3 Å². The number of anilines is 1. The van der Waals surface area contributed by atoms with Crippen molar-refractivity contribution < 1.29 is 8.42 Å². The predicted octanol–water partition coefficient (Wildman–Crippen LogP) is 3.78. The van der Waals surface area contributed by atoms with Crippen LogP contribution in [0.25, 0.3) is 0 Å². The zero-order valence-corrected chi connectivity index (χ0v) is 14.0. The van der Waals surface area contributed by atoms with Gasteiger partial charge in [0.25, 0.3) is 10.0 Å². The van der Waals surface area contributed by atoms with E-state index < -0.39 is 10.0 Å². The van der Waals surface area contributed by atoms with Crippen LogP contribution in [0.4, 0.5) is 5.13 Å². The summed E-state index contributed by atoms with van der Waals surface area (Å²) < 4.78 is 28.3. The van der Waals surface area contributed by atoms with Gasteiger partial charge in [0.05, 0.1) is 14.9 Å². The SMILES string of the molecule is Cc1cc(S(=O)(=O)Nc2ncc(Br)s2)ccc1Br. The van der Waals surface area contributed by atoms with E-state index >= 15 is 0 Å². The Bertz CT molecular complexity index is 683. The molecule has 1 aromatic heterocycles. The van der Waals surface area contributed by atoms with E-state index in [0.717, 1.165) is 13.8 Å². The standard InChI is InChI=1S/C10H8Br2N2O2S2/c1-6-4-7(2-3-8(6)11)18(15,16)14-10-13-5-9(12)17-10/h2-5H,1H3,(H,13,14). The van der Waals surface area contributed by atoms with Crippen LogP contribution in [0.1, 0.15) is 5.56 Å². The van der Waals surface area contributed by atoms with Gasteiger partial charge in [-0.15, -0.1) is 0 Å². The average Bonchev–Trinajstić information content (AvgIpc) is 2.67. The summed E-state index contributed by atoms with van der Waals surface area (Å²) in [5, 5.41) is 0.336. The molecule has 0 saturated heterocycles. The quantitative estimate of drug-likeness (QED) is 0.835. The van der Waals surface area contributed by atoms with Crippen molar-refractivity contribution in [3.8, 4) is 0 Å². The minimum Gasteiger partial charge on any atom is -0.255 e. The predicted molar refractivity (Wildman–Crippen MR) is 79.5 cm³/mol. The summed E-state index contributed by atoms with van der Waals surface area (Å²) in [4.78, 5) is 4.16. The molecule has 0 spiro atoms. The molecule has 0 radical (unpaired) electrons. The van der Waals surface area contributed by atoms with Gasteiger partial charge in [-0.05, 0) is 46.6 Å². The maximum Gasteiger partial charge on any atom is 0.263 e. The molecule has 96 valence electrons. The molecule has 0 amide bonds. The summed E-state index contributed by atoms with van der Waals surface area (Å²) >= 11 is 7.79. The zero-order chi connectivity index (χ0) is 13.3. The highest BCUT2D eigenvalue weighted by atomic mass is 79.9. The highest BCUT2D eigenvalue weighted by molar-refractivity contribution is 9.11. The third-order valence-corrected chi connectivity index (χ3v) is 5.89. The van der Waals surface area contributed by atoms with E-state index in [2.05, 4.69) is 41.6 Å². The molecule has 4 nitrogen and oxygen atoms in total. The van der Waals surface area contributed by atoms with Gasteiger partial charge in [-0.2, -0.15) is 0 Å². The maximum absolute atomic E-state index is 12.1. The highest BCUT2D eigenvalue weighted by Crippen LogP contribution is 2.26. The highest BCUT2D eigenvalue weighted by Gasteiger charge is 2.16. The van der Waals surface area contributed by atoms with Crippen LogP contribution in [0.3, 0.4) is 0 Å². The van der Waals surface area contributed by atoms with Crippen LogP contribution in [0.2, 0.25) is 0 Å². The Morgan fingerprint density at radius 2 is 2.06 bits per heavy atom. The van der Waals surface area contributed by atoms with Gasteiger partial charge in [0, 0.05) is 4.47 Å². The topological polar surface area (TPSA) is 59.1 Å². The molecular formula is C10H8Br2N2O2S2. The Kier molecular flexibility index (Phi) is 4.10. The first-order valence-electron chi connectivity index (χ1n) is 4.79. The monoisotopic (exact) mass is 410 g/mol.